The summed E-state index contributed by atoms with van der Waals surface area (Å²) in [5, 5.41) is 17.1. The molecule has 3 N–H and O–H groups in total. The number of ether oxygens (including phenoxy) is 1. The summed E-state index contributed by atoms with van der Waals surface area (Å²) in [5.74, 6) is -2.14. The molecular formula is C45H48F2N14O5. The molecule has 4 amide bonds. The minimum Gasteiger partial charge on any atom is -0.382 e. The highest BCUT2D eigenvalue weighted by atomic mass is 19.1. The smallest absolute Gasteiger partial charge is 0.264 e. The molecule has 2 aromatic carbocycles. The van der Waals surface area contributed by atoms with Gasteiger partial charge in [0, 0.05) is 81.9 Å². The number of halogens is 2. The second-order valence-corrected chi connectivity index (χ2v) is 16.8. The van der Waals surface area contributed by atoms with E-state index in [1.54, 1.807) is 35.1 Å². The number of pyridine rings is 1. The summed E-state index contributed by atoms with van der Waals surface area (Å²) in [6, 6.07) is 10.7. The fraction of sp³-hybridized carbons (Fsp3) is 0.378. The summed E-state index contributed by atoms with van der Waals surface area (Å²) < 4.78 is 39.7. The minimum absolute atomic E-state index is 0.0303. The van der Waals surface area contributed by atoms with Crippen LogP contribution in [0.5, 0.6) is 0 Å². The first-order valence-corrected chi connectivity index (χ1v) is 21.8. The monoisotopic (exact) mass is 902 g/mol. The second-order valence-electron chi connectivity index (χ2n) is 16.8. The number of rotatable bonds is 16. The number of piperidine rings is 1. The number of amides is 4. The van der Waals surface area contributed by atoms with Crippen molar-refractivity contribution in [2.24, 2.45) is 0 Å². The molecule has 1 unspecified atom stereocenters. The highest BCUT2D eigenvalue weighted by molar-refractivity contribution is 6.25. The molecule has 3 aliphatic rings. The lowest BCUT2D eigenvalue weighted by Gasteiger charge is -2.34. The van der Waals surface area contributed by atoms with Gasteiger partial charge in [0.05, 0.1) is 48.3 Å². The van der Waals surface area contributed by atoms with Gasteiger partial charge < -0.3 is 19.9 Å². The summed E-state index contributed by atoms with van der Waals surface area (Å²) in [7, 11) is 0. The van der Waals surface area contributed by atoms with E-state index in [9.17, 15) is 19.2 Å². The van der Waals surface area contributed by atoms with Crippen LogP contribution in [-0.4, -0.2) is 130 Å². The maximum absolute atomic E-state index is 15.2. The maximum atomic E-state index is 15.2. The van der Waals surface area contributed by atoms with Gasteiger partial charge in [-0.1, -0.05) is 17.3 Å². The van der Waals surface area contributed by atoms with E-state index in [2.05, 4.69) is 56.0 Å². The number of anilines is 3. The van der Waals surface area contributed by atoms with E-state index in [0.29, 0.717) is 55.7 Å². The number of imide groups is 2. The second kappa shape index (κ2) is 18.8. The fourth-order valence-electron chi connectivity index (χ4n) is 8.69. The standard InChI is InChI=1S/C45H48F2N14O5/c1-26(2)60-27(3)51-41-32(46)19-29(20-36(41)60)40-33(47)22-50-45(54-40)52-37-9-7-28(21-49-37)23-57-12-14-58(15-13-57)24-30-25-59(56-55-30)16-18-66-17-11-48-34-6-4-5-31-39(34)44(65)61(43(31)64)35-8-10-38(62)53-42(35)63/h4-7,9,19-22,25-26,35,48H,8,10-18,23-24H2,1-3H3,(H,53,62,63)(H,49,50,52,54). The van der Waals surface area contributed by atoms with Gasteiger partial charge in [0.1, 0.15) is 28.9 Å². The van der Waals surface area contributed by atoms with Crippen LogP contribution in [-0.2, 0) is 34.0 Å². The molecule has 0 aliphatic carbocycles. The first kappa shape index (κ1) is 44.1. The van der Waals surface area contributed by atoms with Crippen molar-refractivity contribution >= 4 is 52.1 Å². The molecular weight excluding hydrogens is 855 g/mol. The Morgan fingerprint density at radius 3 is 2.47 bits per heavy atom. The summed E-state index contributed by atoms with van der Waals surface area (Å²) in [6.07, 6.45) is 4.91. The third-order valence-corrected chi connectivity index (χ3v) is 11.9. The number of hydrogen-bond donors (Lipinski definition) is 3. The first-order chi connectivity index (χ1) is 31.9. The Kier molecular flexibility index (Phi) is 12.6. The number of piperazine rings is 1. The van der Waals surface area contributed by atoms with E-state index in [1.165, 1.54) is 6.07 Å². The zero-order valence-electron chi connectivity index (χ0n) is 36.6. The summed E-state index contributed by atoms with van der Waals surface area (Å²) in [4.78, 5) is 73.5. The zero-order chi connectivity index (χ0) is 46.1. The normalized spacial score (nSPS) is 17.0. The Balaban J connectivity index is 0.694. The van der Waals surface area contributed by atoms with Gasteiger partial charge in [-0.3, -0.25) is 39.2 Å². The van der Waals surface area contributed by atoms with Crippen LogP contribution in [0.2, 0.25) is 0 Å². The Morgan fingerprint density at radius 1 is 0.909 bits per heavy atom. The van der Waals surface area contributed by atoms with Crippen molar-refractivity contribution in [1.29, 1.82) is 0 Å². The number of aromatic nitrogens is 8. The van der Waals surface area contributed by atoms with Gasteiger partial charge in [0.2, 0.25) is 17.8 Å². The third kappa shape index (κ3) is 9.22. The van der Waals surface area contributed by atoms with Gasteiger partial charge in [-0.2, -0.15) is 0 Å². The van der Waals surface area contributed by atoms with Gasteiger partial charge >= 0.3 is 0 Å². The molecule has 9 rings (SSSR count). The summed E-state index contributed by atoms with van der Waals surface area (Å²) >= 11 is 0. The van der Waals surface area contributed by atoms with Gasteiger partial charge in [-0.05, 0) is 63.1 Å². The van der Waals surface area contributed by atoms with Gasteiger partial charge in [-0.15, -0.1) is 5.10 Å². The van der Waals surface area contributed by atoms with Crippen molar-refractivity contribution in [1.82, 2.24) is 59.5 Å². The third-order valence-electron chi connectivity index (χ3n) is 11.9. The molecule has 6 aromatic rings. The van der Waals surface area contributed by atoms with E-state index < -0.39 is 41.3 Å². The lowest BCUT2D eigenvalue weighted by molar-refractivity contribution is -0.136. The van der Waals surface area contributed by atoms with Crippen LogP contribution >= 0.6 is 0 Å². The Hall–Kier alpha value is -7.10. The minimum atomic E-state index is -1.03. The van der Waals surface area contributed by atoms with E-state index >= 15 is 8.78 Å². The van der Waals surface area contributed by atoms with Gasteiger partial charge in [0.15, 0.2) is 11.6 Å². The number of carbonyl (C=O) groups excluding carboxylic acids is 4. The Labute approximate surface area is 377 Å². The SMILES string of the molecule is Cc1nc2c(F)cc(-c3nc(Nc4ccc(CN5CCN(Cc6cn(CCOCCNc7cccc8c7C(=O)N(C7CCC(=O)NC7=O)C8=O)nn6)CC5)cn4)ncc3F)cc2n1C(C)C. The highest BCUT2D eigenvalue weighted by Crippen LogP contribution is 2.33. The van der Waals surface area contributed by atoms with Crippen molar-refractivity contribution in [3.63, 3.8) is 0 Å². The first-order valence-electron chi connectivity index (χ1n) is 21.8. The maximum Gasteiger partial charge on any atom is 0.264 e. The van der Waals surface area contributed by atoms with E-state index in [4.69, 9.17) is 4.74 Å². The van der Waals surface area contributed by atoms with Crippen LogP contribution in [0.1, 0.15) is 70.5 Å². The molecule has 0 radical (unpaired) electrons. The molecule has 2 fully saturated rings. The topological polar surface area (TPSA) is 211 Å². The molecule has 66 heavy (non-hydrogen) atoms. The van der Waals surface area contributed by atoms with Crippen LogP contribution in [0.25, 0.3) is 22.3 Å². The molecule has 1 atom stereocenters. The van der Waals surface area contributed by atoms with Crippen LogP contribution in [0.3, 0.4) is 0 Å². The summed E-state index contributed by atoms with van der Waals surface area (Å²) in [6.45, 7) is 12.2. The van der Waals surface area contributed by atoms with Crippen molar-refractivity contribution in [3.05, 3.63) is 101 Å². The van der Waals surface area contributed by atoms with Crippen LogP contribution in [0.4, 0.5) is 26.2 Å². The van der Waals surface area contributed by atoms with Crippen LogP contribution < -0.4 is 16.0 Å². The fourth-order valence-corrected chi connectivity index (χ4v) is 8.69. The average Bonchev–Trinajstić information content (AvgIpc) is 3.97. The largest absolute Gasteiger partial charge is 0.382 e. The average molecular weight is 903 g/mol. The molecule has 3 aliphatic heterocycles. The number of imidazole rings is 1. The van der Waals surface area contributed by atoms with E-state index in [1.807, 2.05) is 43.7 Å². The molecule has 0 saturated carbocycles. The molecule has 4 aromatic heterocycles. The predicted octanol–water partition coefficient (Wildman–Crippen LogP) is 4.24. The summed E-state index contributed by atoms with van der Waals surface area (Å²) in [5.41, 5.74) is 3.83. The lowest BCUT2D eigenvalue weighted by atomic mass is 10.0. The highest BCUT2D eigenvalue weighted by Gasteiger charge is 2.45. The lowest BCUT2D eigenvalue weighted by Crippen LogP contribution is -2.54. The molecule has 19 nitrogen and oxygen atoms in total. The Bertz CT molecular complexity index is 2820. The number of carbonyl (C=O) groups is 4. The van der Waals surface area contributed by atoms with Crippen molar-refractivity contribution in [2.75, 3.05) is 56.6 Å². The predicted molar refractivity (Wildman–Crippen MR) is 236 cm³/mol. The van der Waals surface area contributed by atoms with E-state index in [0.717, 1.165) is 55.1 Å². The number of nitrogens with zero attached hydrogens (tertiary/aromatic N) is 11. The number of hydrogen-bond acceptors (Lipinski definition) is 15. The number of aryl methyl sites for hydroxylation is 1. The van der Waals surface area contributed by atoms with Crippen molar-refractivity contribution in [2.45, 2.75) is 65.3 Å². The number of nitrogens with one attached hydrogen (secondary N) is 3. The van der Waals surface area contributed by atoms with Crippen LogP contribution in [0, 0.1) is 18.6 Å². The van der Waals surface area contributed by atoms with Gasteiger partial charge in [0.25, 0.3) is 11.8 Å². The Morgan fingerprint density at radius 2 is 1.71 bits per heavy atom. The molecule has 21 heteroatoms. The molecule has 2 saturated heterocycles. The molecule has 7 heterocycles. The van der Waals surface area contributed by atoms with Crippen molar-refractivity contribution in [3.8, 4) is 11.3 Å². The van der Waals surface area contributed by atoms with Crippen LogP contribution in [0.15, 0.2) is 61.1 Å². The number of fused-ring (bicyclic) bond motifs is 2. The number of benzene rings is 2. The molecule has 0 bridgehead atoms. The van der Waals surface area contributed by atoms with Crippen molar-refractivity contribution < 1.29 is 32.7 Å². The zero-order valence-corrected chi connectivity index (χ0v) is 36.6. The van der Waals surface area contributed by atoms with Gasteiger partial charge in [-0.25, -0.2) is 33.4 Å². The van der Waals surface area contributed by atoms with E-state index in [-0.39, 0.29) is 52.7 Å². The molecule has 342 valence electrons. The molecule has 0 spiro atoms. The quantitative estimate of drug-likeness (QED) is 0.0917.